The maximum absolute atomic E-state index is 11.2. The van der Waals surface area contributed by atoms with E-state index in [0.717, 1.165) is 11.1 Å². The van der Waals surface area contributed by atoms with E-state index in [9.17, 15) is 4.79 Å². The summed E-state index contributed by atoms with van der Waals surface area (Å²) >= 11 is 0. The summed E-state index contributed by atoms with van der Waals surface area (Å²) in [6.07, 6.45) is 3.84. The predicted molar refractivity (Wildman–Crippen MR) is 57.4 cm³/mol. The van der Waals surface area contributed by atoms with Gasteiger partial charge in [-0.1, -0.05) is 0 Å². The minimum atomic E-state index is -0.224. The lowest BCUT2D eigenvalue weighted by atomic mass is 10.0. The minimum absolute atomic E-state index is 0.0360. The molecule has 82 valence electrons. The third-order valence-corrected chi connectivity index (χ3v) is 2.40. The van der Waals surface area contributed by atoms with Crippen LogP contribution in [0.4, 0.5) is 0 Å². The highest BCUT2D eigenvalue weighted by molar-refractivity contribution is 5.70. The molecule has 0 aliphatic heterocycles. The summed E-state index contributed by atoms with van der Waals surface area (Å²) in [5, 5.41) is 3.08. The Morgan fingerprint density at radius 2 is 2.40 bits per heavy atom. The molecule has 1 atom stereocenters. The Bertz CT molecular complexity index is 339. The van der Waals surface area contributed by atoms with E-state index in [-0.39, 0.29) is 12.0 Å². The number of ether oxygens (including phenoxy) is 1. The third kappa shape index (κ3) is 3.02. The van der Waals surface area contributed by atoms with Gasteiger partial charge in [0.1, 0.15) is 0 Å². The van der Waals surface area contributed by atoms with Crippen molar-refractivity contribution in [3.05, 3.63) is 29.6 Å². The number of pyridine rings is 1. The molecule has 1 N–H and O–H groups in total. The molecule has 0 saturated carbocycles. The second-order valence-corrected chi connectivity index (χ2v) is 3.35. The zero-order valence-corrected chi connectivity index (χ0v) is 9.28. The highest BCUT2D eigenvalue weighted by Crippen LogP contribution is 2.19. The first-order valence-corrected chi connectivity index (χ1v) is 4.83. The smallest absolute Gasteiger partial charge is 0.307 e. The van der Waals surface area contributed by atoms with Crippen molar-refractivity contribution < 1.29 is 9.53 Å². The molecule has 15 heavy (non-hydrogen) atoms. The quantitative estimate of drug-likeness (QED) is 0.756. The van der Waals surface area contributed by atoms with Gasteiger partial charge >= 0.3 is 5.97 Å². The van der Waals surface area contributed by atoms with Crippen LogP contribution < -0.4 is 5.32 Å². The van der Waals surface area contributed by atoms with Crippen molar-refractivity contribution in [3.8, 4) is 0 Å². The van der Waals surface area contributed by atoms with Gasteiger partial charge < -0.3 is 10.1 Å². The van der Waals surface area contributed by atoms with Gasteiger partial charge in [-0.25, -0.2) is 0 Å². The second-order valence-electron chi connectivity index (χ2n) is 3.35. The first-order chi connectivity index (χ1) is 7.19. The van der Waals surface area contributed by atoms with Crippen molar-refractivity contribution in [1.29, 1.82) is 0 Å². The Labute approximate surface area is 89.7 Å². The molecule has 0 amide bonds. The van der Waals surface area contributed by atoms with Gasteiger partial charge in [0.05, 0.1) is 13.5 Å². The molecule has 1 heterocycles. The highest BCUT2D eigenvalue weighted by Gasteiger charge is 2.16. The van der Waals surface area contributed by atoms with Gasteiger partial charge in [0.15, 0.2) is 0 Å². The molecule has 1 unspecified atom stereocenters. The molecule has 0 saturated heterocycles. The number of nitrogens with zero attached hydrogens (tertiary/aromatic N) is 1. The molecule has 0 bridgehead atoms. The van der Waals surface area contributed by atoms with Crippen LogP contribution in [0.2, 0.25) is 0 Å². The molecule has 4 nitrogen and oxygen atoms in total. The van der Waals surface area contributed by atoms with Gasteiger partial charge in [-0.3, -0.25) is 9.78 Å². The normalized spacial score (nSPS) is 12.2. The van der Waals surface area contributed by atoms with Crippen LogP contribution >= 0.6 is 0 Å². The number of aromatic nitrogens is 1. The lowest BCUT2D eigenvalue weighted by Crippen LogP contribution is -2.21. The van der Waals surface area contributed by atoms with Crippen LogP contribution in [-0.4, -0.2) is 25.1 Å². The maximum atomic E-state index is 11.2. The molecule has 1 aromatic rings. The van der Waals surface area contributed by atoms with Crippen molar-refractivity contribution in [2.75, 3.05) is 14.2 Å². The first-order valence-electron chi connectivity index (χ1n) is 4.83. The summed E-state index contributed by atoms with van der Waals surface area (Å²) in [5.74, 6) is -0.224. The predicted octanol–water partition coefficient (Wildman–Crippen LogP) is 1.21. The minimum Gasteiger partial charge on any atom is -0.469 e. The summed E-state index contributed by atoms with van der Waals surface area (Å²) < 4.78 is 4.64. The van der Waals surface area contributed by atoms with E-state index in [1.54, 1.807) is 12.4 Å². The van der Waals surface area contributed by atoms with Crippen molar-refractivity contribution in [1.82, 2.24) is 10.3 Å². The molecule has 0 radical (unpaired) electrons. The van der Waals surface area contributed by atoms with Crippen molar-refractivity contribution in [2.24, 2.45) is 0 Å². The highest BCUT2D eigenvalue weighted by atomic mass is 16.5. The molecule has 1 rings (SSSR count). The maximum Gasteiger partial charge on any atom is 0.307 e. The Kier molecular flexibility index (Phi) is 4.24. The summed E-state index contributed by atoms with van der Waals surface area (Å²) in [5.41, 5.74) is 2.15. The van der Waals surface area contributed by atoms with Gasteiger partial charge in [0, 0.05) is 18.4 Å². The van der Waals surface area contributed by atoms with Crippen molar-refractivity contribution >= 4 is 5.97 Å². The average molecular weight is 208 g/mol. The van der Waals surface area contributed by atoms with Gasteiger partial charge in [0.25, 0.3) is 0 Å². The fourth-order valence-corrected chi connectivity index (χ4v) is 1.46. The second kappa shape index (κ2) is 5.46. The summed E-state index contributed by atoms with van der Waals surface area (Å²) in [4.78, 5) is 15.2. The summed E-state index contributed by atoms with van der Waals surface area (Å²) in [6.45, 7) is 2.00. The van der Waals surface area contributed by atoms with E-state index in [1.807, 2.05) is 20.0 Å². The van der Waals surface area contributed by atoms with Crippen LogP contribution in [0.3, 0.4) is 0 Å². The van der Waals surface area contributed by atoms with Gasteiger partial charge in [-0.2, -0.15) is 0 Å². The van der Waals surface area contributed by atoms with Gasteiger partial charge in [-0.15, -0.1) is 0 Å². The van der Waals surface area contributed by atoms with E-state index in [1.165, 1.54) is 7.11 Å². The average Bonchev–Trinajstić information content (AvgIpc) is 2.26. The van der Waals surface area contributed by atoms with Crippen molar-refractivity contribution in [3.63, 3.8) is 0 Å². The number of esters is 1. The lowest BCUT2D eigenvalue weighted by molar-refractivity contribution is -0.141. The molecule has 0 aliphatic rings. The fraction of sp³-hybridized carbons (Fsp3) is 0.455. The molecule has 1 aromatic heterocycles. The molecule has 0 aliphatic carbocycles. The van der Waals surface area contributed by atoms with Crippen LogP contribution in [0.25, 0.3) is 0 Å². The zero-order valence-electron chi connectivity index (χ0n) is 9.28. The van der Waals surface area contributed by atoms with Crippen LogP contribution in [0.1, 0.15) is 23.6 Å². The van der Waals surface area contributed by atoms with Crippen LogP contribution in [0.15, 0.2) is 18.5 Å². The van der Waals surface area contributed by atoms with Crippen LogP contribution in [0, 0.1) is 6.92 Å². The third-order valence-electron chi connectivity index (χ3n) is 2.40. The Morgan fingerprint density at radius 3 is 2.93 bits per heavy atom. The Morgan fingerprint density at radius 1 is 1.67 bits per heavy atom. The monoisotopic (exact) mass is 208 g/mol. The zero-order chi connectivity index (χ0) is 11.3. The van der Waals surface area contributed by atoms with Crippen LogP contribution in [-0.2, 0) is 9.53 Å². The molecule has 0 fully saturated rings. The number of nitrogens with one attached hydrogen (secondary N) is 1. The number of rotatable bonds is 4. The lowest BCUT2D eigenvalue weighted by Gasteiger charge is -2.16. The SMILES string of the molecule is CNC(CC(=O)OC)c1cnccc1C. The van der Waals surface area contributed by atoms with E-state index in [2.05, 4.69) is 15.0 Å². The molecule has 4 heteroatoms. The first kappa shape index (κ1) is 11.7. The summed E-state index contributed by atoms with van der Waals surface area (Å²) in [6, 6.07) is 1.89. The van der Waals surface area contributed by atoms with Gasteiger partial charge in [0.2, 0.25) is 0 Å². The molecular formula is C11H16N2O2. The van der Waals surface area contributed by atoms with E-state index in [0.29, 0.717) is 6.42 Å². The molecule has 0 aromatic carbocycles. The number of hydrogen-bond acceptors (Lipinski definition) is 4. The number of carbonyl (C=O) groups excluding carboxylic acids is 1. The van der Waals surface area contributed by atoms with Gasteiger partial charge in [-0.05, 0) is 31.2 Å². The molecular weight excluding hydrogens is 192 g/mol. The topological polar surface area (TPSA) is 51.2 Å². The number of carbonyl (C=O) groups is 1. The fourth-order valence-electron chi connectivity index (χ4n) is 1.46. The van der Waals surface area contributed by atoms with Crippen LogP contribution in [0.5, 0.6) is 0 Å². The summed E-state index contributed by atoms with van der Waals surface area (Å²) in [7, 11) is 3.21. The Hall–Kier alpha value is -1.42. The van der Waals surface area contributed by atoms with Crippen molar-refractivity contribution in [2.45, 2.75) is 19.4 Å². The van der Waals surface area contributed by atoms with E-state index >= 15 is 0 Å². The number of hydrogen-bond donors (Lipinski definition) is 1. The molecule has 0 spiro atoms. The van der Waals surface area contributed by atoms with E-state index < -0.39 is 0 Å². The number of aryl methyl sites for hydroxylation is 1. The van der Waals surface area contributed by atoms with E-state index in [4.69, 9.17) is 0 Å². The number of methoxy groups -OCH3 is 1. The largest absolute Gasteiger partial charge is 0.469 e. The standard InChI is InChI=1S/C11H16N2O2/c1-8-4-5-13-7-9(8)10(12-2)6-11(14)15-3/h4-5,7,10,12H,6H2,1-3H3. The Balaban J connectivity index is 2.83.